The Kier molecular flexibility index (Phi) is 3.50. The van der Waals surface area contributed by atoms with Gasteiger partial charge in [0.15, 0.2) is 5.82 Å². The highest BCUT2D eigenvalue weighted by Crippen LogP contribution is 2.30. The van der Waals surface area contributed by atoms with Gasteiger partial charge in [-0.3, -0.25) is 4.90 Å². The van der Waals surface area contributed by atoms with Gasteiger partial charge in [-0.15, -0.1) is 0 Å². The van der Waals surface area contributed by atoms with Crippen molar-refractivity contribution in [3.05, 3.63) is 11.0 Å². The molecule has 2 unspecified atom stereocenters. The van der Waals surface area contributed by atoms with E-state index in [4.69, 9.17) is 17.3 Å². The molecule has 0 bridgehead atoms. The highest BCUT2D eigenvalue weighted by atomic mass is 35.5. The van der Waals surface area contributed by atoms with Crippen LogP contribution in [0.15, 0.2) is 0 Å². The van der Waals surface area contributed by atoms with Gasteiger partial charge in [0.2, 0.25) is 5.28 Å². The molecular weight excluding hydrogens is 262 g/mol. The van der Waals surface area contributed by atoms with E-state index in [2.05, 4.69) is 20.2 Å². The Morgan fingerprint density at radius 1 is 1.26 bits per heavy atom. The molecule has 2 fully saturated rings. The van der Waals surface area contributed by atoms with Crippen molar-refractivity contribution < 1.29 is 0 Å². The van der Waals surface area contributed by atoms with Crippen molar-refractivity contribution in [3.8, 4) is 0 Å². The van der Waals surface area contributed by atoms with E-state index in [-0.39, 0.29) is 5.28 Å². The third kappa shape index (κ3) is 2.49. The van der Waals surface area contributed by atoms with Crippen LogP contribution in [0.5, 0.6) is 0 Å². The summed E-state index contributed by atoms with van der Waals surface area (Å²) in [4.78, 5) is 10.9. The Morgan fingerprint density at radius 2 is 2.11 bits per heavy atom. The number of nitrogens with two attached hydrogens (primary N) is 1. The van der Waals surface area contributed by atoms with Gasteiger partial charge in [0, 0.05) is 18.6 Å². The summed E-state index contributed by atoms with van der Waals surface area (Å²) in [5.41, 5.74) is 7.38. The number of hydrogen-bond donors (Lipinski definition) is 2. The van der Waals surface area contributed by atoms with Gasteiger partial charge in [0.25, 0.3) is 0 Å². The summed E-state index contributed by atoms with van der Waals surface area (Å²) in [6.45, 7) is 4.25. The smallest absolute Gasteiger partial charge is 0.224 e. The fraction of sp³-hybridized carbons (Fsp3) is 0.692. The molecule has 3 heterocycles. The molecular formula is C13H20ClN5. The zero-order valence-corrected chi connectivity index (χ0v) is 12.0. The highest BCUT2D eigenvalue weighted by Gasteiger charge is 2.35. The summed E-state index contributed by atoms with van der Waals surface area (Å²) in [6, 6.07) is 1.04. The third-order valence-electron chi connectivity index (χ3n) is 4.29. The monoisotopic (exact) mass is 281 g/mol. The van der Waals surface area contributed by atoms with E-state index >= 15 is 0 Å². The Balaban J connectivity index is 1.78. The Labute approximate surface area is 118 Å². The number of nitrogens with one attached hydrogen (secondary N) is 1. The van der Waals surface area contributed by atoms with Crippen LogP contribution in [0.25, 0.3) is 0 Å². The molecule has 0 radical (unpaired) electrons. The van der Waals surface area contributed by atoms with E-state index in [1.54, 1.807) is 0 Å². The lowest BCUT2D eigenvalue weighted by Gasteiger charge is -2.32. The van der Waals surface area contributed by atoms with E-state index in [1.807, 2.05) is 6.92 Å². The number of fused-ring (bicyclic) bond motifs is 1. The molecule has 2 aliphatic heterocycles. The van der Waals surface area contributed by atoms with Crippen molar-refractivity contribution in [1.82, 2.24) is 14.9 Å². The van der Waals surface area contributed by atoms with Crippen LogP contribution < -0.4 is 11.1 Å². The SMILES string of the molecule is Cc1nc(Cl)nc(NC2CCN3CCCCC23)c1N. The molecule has 3 N–H and O–H groups in total. The topological polar surface area (TPSA) is 67.1 Å². The molecule has 1 aromatic rings. The first kappa shape index (κ1) is 12.9. The summed E-state index contributed by atoms with van der Waals surface area (Å²) < 4.78 is 0. The van der Waals surface area contributed by atoms with Crippen molar-refractivity contribution in [3.63, 3.8) is 0 Å². The van der Waals surface area contributed by atoms with Crippen LogP contribution in [-0.2, 0) is 0 Å². The lowest BCUT2D eigenvalue weighted by atomic mass is 9.99. The molecule has 1 aromatic heterocycles. The molecule has 0 spiro atoms. The van der Waals surface area contributed by atoms with Crippen molar-refractivity contribution in [2.24, 2.45) is 0 Å². The molecule has 2 atom stereocenters. The van der Waals surface area contributed by atoms with Crippen LogP contribution in [0.3, 0.4) is 0 Å². The van der Waals surface area contributed by atoms with Crippen LogP contribution in [0.4, 0.5) is 11.5 Å². The quantitative estimate of drug-likeness (QED) is 0.812. The minimum absolute atomic E-state index is 0.257. The van der Waals surface area contributed by atoms with Crippen molar-refractivity contribution in [1.29, 1.82) is 0 Å². The van der Waals surface area contributed by atoms with E-state index in [0.717, 1.165) is 12.1 Å². The Morgan fingerprint density at radius 3 is 2.95 bits per heavy atom. The van der Waals surface area contributed by atoms with Crippen LogP contribution in [0.2, 0.25) is 5.28 Å². The summed E-state index contributed by atoms with van der Waals surface area (Å²) in [7, 11) is 0. The van der Waals surface area contributed by atoms with E-state index in [0.29, 0.717) is 23.6 Å². The largest absolute Gasteiger partial charge is 0.394 e. The molecule has 2 saturated heterocycles. The molecule has 19 heavy (non-hydrogen) atoms. The van der Waals surface area contributed by atoms with Gasteiger partial charge in [0.1, 0.15) is 0 Å². The van der Waals surface area contributed by atoms with Crippen LogP contribution >= 0.6 is 11.6 Å². The van der Waals surface area contributed by atoms with Crippen LogP contribution in [-0.4, -0.2) is 40.0 Å². The fourth-order valence-corrected chi connectivity index (χ4v) is 3.46. The molecule has 0 aromatic carbocycles. The van der Waals surface area contributed by atoms with Gasteiger partial charge in [-0.1, -0.05) is 6.42 Å². The maximum Gasteiger partial charge on any atom is 0.224 e. The second kappa shape index (κ2) is 5.13. The standard InChI is InChI=1S/C13H20ClN5/c1-8-11(15)12(18-13(14)16-8)17-9-5-7-19-6-3-2-4-10(9)19/h9-10H,2-7,15H2,1H3,(H,16,17,18). The average molecular weight is 282 g/mol. The number of rotatable bonds is 2. The van der Waals surface area contributed by atoms with Gasteiger partial charge in [0.05, 0.1) is 11.4 Å². The van der Waals surface area contributed by atoms with Gasteiger partial charge in [-0.2, -0.15) is 4.98 Å². The number of piperidine rings is 1. The molecule has 104 valence electrons. The number of nitrogen functional groups attached to an aromatic ring is 1. The van der Waals surface area contributed by atoms with Crippen molar-refractivity contribution in [2.45, 2.75) is 44.7 Å². The average Bonchev–Trinajstić information content (AvgIpc) is 2.79. The third-order valence-corrected chi connectivity index (χ3v) is 4.46. The number of anilines is 2. The van der Waals surface area contributed by atoms with E-state index in [9.17, 15) is 0 Å². The molecule has 0 saturated carbocycles. The first-order chi connectivity index (χ1) is 9.15. The number of hydrogen-bond acceptors (Lipinski definition) is 5. The number of aryl methyl sites for hydroxylation is 1. The lowest BCUT2D eigenvalue weighted by Crippen LogP contribution is -2.42. The minimum atomic E-state index is 0.257. The zero-order chi connectivity index (χ0) is 13.4. The normalized spacial score (nSPS) is 27.3. The van der Waals surface area contributed by atoms with Gasteiger partial charge >= 0.3 is 0 Å². The molecule has 5 nitrogen and oxygen atoms in total. The van der Waals surface area contributed by atoms with Gasteiger partial charge in [-0.25, -0.2) is 4.98 Å². The van der Waals surface area contributed by atoms with E-state index in [1.165, 1.54) is 32.4 Å². The summed E-state index contributed by atoms with van der Waals surface area (Å²) in [5.74, 6) is 0.690. The zero-order valence-electron chi connectivity index (χ0n) is 11.2. The number of halogens is 1. The molecule has 2 aliphatic rings. The molecule has 3 rings (SSSR count). The van der Waals surface area contributed by atoms with E-state index < -0.39 is 0 Å². The number of aromatic nitrogens is 2. The lowest BCUT2D eigenvalue weighted by molar-refractivity contribution is 0.192. The fourth-order valence-electron chi connectivity index (χ4n) is 3.25. The predicted octanol–water partition coefficient (Wildman–Crippen LogP) is 2.06. The Hall–Kier alpha value is -1.07. The number of nitrogens with zero attached hydrogens (tertiary/aromatic N) is 3. The van der Waals surface area contributed by atoms with Crippen LogP contribution in [0.1, 0.15) is 31.4 Å². The second-order valence-corrected chi connectivity index (χ2v) is 5.82. The van der Waals surface area contributed by atoms with Crippen molar-refractivity contribution in [2.75, 3.05) is 24.1 Å². The maximum atomic E-state index is 6.04. The highest BCUT2D eigenvalue weighted by molar-refractivity contribution is 6.28. The van der Waals surface area contributed by atoms with Gasteiger partial charge in [-0.05, 0) is 44.3 Å². The summed E-state index contributed by atoms with van der Waals surface area (Å²) in [5, 5.41) is 3.74. The molecule has 6 heteroatoms. The Bertz CT molecular complexity index is 478. The maximum absolute atomic E-state index is 6.04. The van der Waals surface area contributed by atoms with Gasteiger partial charge < -0.3 is 11.1 Å². The minimum Gasteiger partial charge on any atom is -0.394 e. The first-order valence-corrected chi connectivity index (χ1v) is 7.33. The predicted molar refractivity (Wildman–Crippen MR) is 77.4 cm³/mol. The molecule has 0 amide bonds. The second-order valence-electron chi connectivity index (χ2n) is 5.48. The summed E-state index contributed by atoms with van der Waals surface area (Å²) >= 11 is 5.92. The first-order valence-electron chi connectivity index (χ1n) is 6.95. The molecule has 0 aliphatic carbocycles. The van der Waals surface area contributed by atoms with Crippen LogP contribution in [0, 0.1) is 6.92 Å². The van der Waals surface area contributed by atoms with Crippen molar-refractivity contribution >= 4 is 23.1 Å². The summed E-state index contributed by atoms with van der Waals surface area (Å²) in [6.07, 6.45) is 5.04.